The molecule has 0 aliphatic carbocycles. The minimum Gasteiger partial charge on any atom is -0.353 e. The molecule has 1 saturated heterocycles. The van der Waals surface area contributed by atoms with E-state index < -0.39 is 17.6 Å². The second-order valence-corrected chi connectivity index (χ2v) is 7.19. The smallest absolute Gasteiger partial charge is 0.353 e. The summed E-state index contributed by atoms with van der Waals surface area (Å²) in [5.74, 6) is -0.0611. The topological polar surface area (TPSA) is 61.4 Å². The molecule has 1 fully saturated rings. The predicted molar refractivity (Wildman–Crippen MR) is 111 cm³/mol. The van der Waals surface area contributed by atoms with Gasteiger partial charge in [0.15, 0.2) is 0 Å². The molecule has 3 heterocycles. The van der Waals surface area contributed by atoms with Crippen molar-refractivity contribution < 1.29 is 22.4 Å². The fourth-order valence-corrected chi connectivity index (χ4v) is 3.42. The molecular formula is C22H19F4N5O. The highest BCUT2D eigenvalue weighted by atomic mass is 19.4. The van der Waals surface area contributed by atoms with Crippen molar-refractivity contribution >= 4 is 23.2 Å². The van der Waals surface area contributed by atoms with Gasteiger partial charge in [0, 0.05) is 38.6 Å². The maximum Gasteiger partial charge on any atom is 0.417 e. The van der Waals surface area contributed by atoms with Gasteiger partial charge in [-0.25, -0.2) is 14.4 Å². The number of rotatable bonds is 4. The molecule has 0 bridgehead atoms. The van der Waals surface area contributed by atoms with Gasteiger partial charge in [-0.05, 0) is 36.4 Å². The third kappa shape index (κ3) is 4.63. The number of pyridine rings is 2. The van der Waals surface area contributed by atoms with Crippen LogP contribution in [0.1, 0.15) is 15.9 Å². The molecule has 166 valence electrons. The summed E-state index contributed by atoms with van der Waals surface area (Å²) in [7, 11) is 0. The maximum atomic E-state index is 14.0. The number of alkyl halides is 3. The Kier molecular flexibility index (Phi) is 5.93. The summed E-state index contributed by atoms with van der Waals surface area (Å²) < 4.78 is 52.2. The molecule has 32 heavy (non-hydrogen) atoms. The number of nitrogens with one attached hydrogen (secondary N) is 1. The number of nitrogens with zero attached hydrogens (tertiary/aromatic N) is 4. The second-order valence-electron chi connectivity index (χ2n) is 7.19. The van der Waals surface area contributed by atoms with Gasteiger partial charge in [0.2, 0.25) is 0 Å². The van der Waals surface area contributed by atoms with Crippen LogP contribution in [-0.4, -0.2) is 47.0 Å². The monoisotopic (exact) mass is 445 g/mol. The van der Waals surface area contributed by atoms with Crippen molar-refractivity contribution in [3.8, 4) is 0 Å². The Hall–Kier alpha value is -3.69. The van der Waals surface area contributed by atoms with Crippen LogP contribution >= 0.6 is 0 Å². The molecule has 3 aromatic rings. The van der Waals surface area contributed by atoms with Gasteiger partial charge in [-0.1, -0.05) is 12.1 Å². The minimum absolute atomic E-state index is 0.207. The number of hydrogen-bond acceptors (Lipinski definition) is 5. The summed E-state index contributed by atoms with van der Waals surface area (Å²) in [4.78, 5) is 24.6. The van der Waals surface area contributed by atoms with Crippen LogP contribution < -0.4 is 10.2 Å². The number of piperazine rings is 1. The number of carbonyl (C=O) groups excluding carboxylic acids is 1. The number of anilines is 3. The number of benzene rings is 1. The minimum atomic E-state index is -4.44. The maximum absolute atomic E-state index is 14.0. The van der Waals surface area contributed by atoms with Crippen molar-refractivity contribution in [2.45, 2.75) is 6.18 Å². The highest BCUT2D eigenvalue weighted by Gasteiger charge is 2.31. The molecule has 0 spiro atoms. The van der Waals surface area contributed by atoms with Gasteiger partial charge in [0.1, 0.15) is 17.5 Å². The van der Waals surface area contributed by atoms with Crippen LogP contribution in [-0.2, 0) is 6.18 Å². The van der Waals surface area contributed by atoms with Crippen molar-refractivity contribution in [1.82, 2.24) is 14.9 Å². The summed E-state index contributed by atoms with van der Waals surface area (Å²) in [5, 5.41) is 2.87. The van der Waals surface area contributed by atoms with E-state index in [2.05, 4.69) is 15.3 Å². The van der Waals surface area contributed by atoms with Crippen LogP contribution in [0.2, 0.25) is 0 Å². The molecule has 10 heteroatoms. The van der Waals surface area contributed by atoms with Crippen molar-refractivity contribution in [3.63, 3.8) is 0 Å². The first-order valence-electron chi connectivity index (χ1n) is 9.87. The van der Waals surface area contributed by atoms with Gasteiger partial charge in [0.05, 0.1) is 16.8 Å². The normalized spacial score (nSPS) is 14.4. The standard InChI is InChI=1S/C22H19F4N5O/c23-17-5-1-2-6-18(17)29-20-16(4-3-9-27-20)21(32)31-12-10-30(11-13-31)19-8-7-15(14-28-19)22(24,25)26/h1-9,14H,10-13H2,(H,27,29). The first kappa shape index (κ1) is 21.5. The molecule has 1 aliphatic heterocycles. The average molecular weight is 445 g/mol. The Morgan fingerprint density at radius 1 is 0.938 bits per heavy atom. The number of halogens is 4. The fourth-order valence-electron chi connectivity index (χ4n) is 3.42. The molecular weight excluding hydrogens is 426 g/mol. The van der Waals surface area contributed by atoms with E-state index in [1.54, 1.807) is 35.2 Å². The zero-order valence-electron chi connectivity index (χ0n) is 16.8. The van der Waals surface area contributed by atoms with Gasteiger partial charge < -0.3 is 15.1 Å². The van der Waals surface area contributed by atoms with E-state index in [-0.39, 0.29) is 17.4 Å². The van der Waals surface area contributed by atoms with Crippen LogP contribution in [0.4, 0.5) is 34.9 Å². The lowest BCUT2D eigenvalue weighted by molar-refractivity contribution is -0.137. The van der Waals surface area contributed by atoms with Crippen molar-refractivity contribution in [1.29, 1.82) is 0 Å². The third-order valence-corrected chi connectivity index (χ3v) is 5.13. The van der Waals surface area contributed by atoms with Gasteiger partial charge >= 0.3 is 6.18 Å². The van der Waals surface area contributed by atoms with Gasteiger partial charge in [-0.2, -0.15) is 13.2 Å². The molecule has 0 saturated carbocycles. The number of para-hydroxylation sites is 1. The fraction of sp³-hybridized carbons (Fsp3) is 0.227. The number of amides is 1. The Balaban J connectivity index is 1.43. The van der Waals surface area contributed by atoms with Gasteiger partial charge in [-0.15, -0.1) is 0 Å². The third-order valence-electron chi connectivity index (χ3n) is 5.13. The quantitative estimate of drug-likeness (QED) is 0.606. The molecule has 1 N–H and O–H groups in total. The first-order valence-corrected chi connectivity index (χ1v) is 9.87. The summed E-state index contributed by atoms with van der Waals surface area (Å²) in [6.07, 6.45) is -2.12. The van der Waals surface area contributed by atoms with Gasteiger partial charge in [0.25, 0.3) is 5.91 Å². The van der Waals surface area contributed by atoms with E-state index in [0.717, 1.165) is 12.3 Å². The van der Waals surface area contributed by atoms with E-state index in [1.807, 2.05) is 4.90 Å². The molecule has 1 aromatic carbocycles. The average Bonchev–Trinajstić information content (AvgIpc) is 2.80. The van der Waals surface area contributed by atoms with Crippen molar-refractivity contribution in [2.75, 3.05) is 36.4 Å². The van der Waals surface area contributed by atoms with Crippen LogP contribution in [0.5, 0.6) is 0 Å². The predicted octanol–water partition coefficient (Wildman–Crippen LogP) is 4.34. The highest BCUT2D eigenvalue weighted by molar-refractivity contribution is 5.99. The zero-order chi connectivity index (χ0) is 22.7. The number of hydrogen-bond donors (Lipinski definition) is 1. The van der Waals surface area contributed by atoms with E-state index in [0.29, 0.717) is 37.6 Å². The summed E-state index contributed by atoms with van der Waals surface area (Å²) >= 11 is 0. The summed E-state index contributed by atoms with van der Waals surface area (Å²) in [6.45, 7) is 1.55. The van der Waals surface area contributed by atoms with Crippen LogP contribution in [0.15, 0.2) is 60.9 Å². The molecule has 4 rings (SSSR count). The number of carbonyl (C=O) groups is 1. The lowest BCUT2D eigenvalue weighted by atomic mass is 10.2. The van der Waals surface area contributed by atoms with Crippen LogP contribution in [0, 0.1) is 5.82 Å². The molecule has 6 nitrogen and oxygen atoms in total. The van der Waals surface area contributed by atoms with Gasteiger partial charge in [-0.3, -0.25) is 4.79 Å². The Labute approximate surface area is 181 Å². The second kappa shape index (κ2) is 8.81. The Bertz CT molecular complexity index is 1100. The van der Waals surface area contributed by atoms with E-state index in [9.17, 15) is 22.4 Å². The van der Waals surface area contributed by atoms with Crippen LogP contribution in [0.3, 0.4) is 0 Å². The lowest BCUT2D eigenvalue weighted by Crippen LogP contribution is -2.49. The van der Waals surface area contributed by atoms with Crippen LogP contribution in [0.25, 0.3) is 0 Å². The molecule has 0 unspecified atom stereocenters. The van der Waals surface area contributed by atoms with E-state index in [1.165, 1.54) is 18.3 Å². The number of aromatic nitrogens is 2. The zero-order valence-corrected chi connectivity index (χ0v) is 16.8. The lowest BCUT2D eigenvalue weighted by Gasteiger charge is -2.35. The highest BCUT2D eigenvalue weighted by Crippen LogP contribution is 2.29. The molecule has 1 aliphatic rings. The SMILES string of the molecule is O=C(c1cccnc1Nc1ccccc1F)N1CCN(c2ccc(C(F)(F)F)cn2)CC1. The first-order chi connectivity index (χ1) is 15.3. The largest absolute Gasteiger partial charge is 0.417 e. The van der Waals surface area contributed by atoms with E-state index >= 15 is 0 Å². The molecule has 1 amide bonds. The van der Waals surface area contributed by atoms with Crippen molar-refractivity contribution in [3.05, 3.63) is 77.9 Å². The Morgan fingerprint density at radius 2 is 1.69 bits per heavy atom. The summed E-state index contributed by atoms with van der Waals surface area (Å²) in [5.41, 5.74) is -0.295. The summed E-state index contributed by atoms with van der Waals surface area (Å²) in [6, 6.07) is 11.7. The molecule has 0 radical (unpaired) electrons. The van der Waals surface area contributed by atoms with Crippen molar-refractivity contribution in [2.24, 2.45) is 0 Å². The Morgan fingerprint density at radius 3 is 2.34 bits per heavy atom. The molecule has 0 atom stereocenters. The van der Waals surface area contributed by atoms with E-state index in [4.69, 9.17) is 0 Å². The molecule has 2 aromatic heterocycles.